The second-order valence-corrected chi connectivity index (χ2v) is 6.52. The third-order valence-corrected chi connectivity index (χ3v) is 4.22. The summed E-state index contributed by atoms with van der Waals surface area (Å²) in [4.78, 5) is 10.3. The van der Waals surface area contributed by atoms with E-state index in [0.29, 0.717) is 0 Å². The Balaban J connectivity index is 2.55. The summed E-state index contributed by atoms with van der Waals surface area (Å²) >= 11 is 0. The highest BCUT2D eigenvalue weighted by atomic mass is 16.1. The Morgan fingerprint density at radius 1 is 1.06 bits per heavy atom. The number of allylic oxidation sites excluding steroid dienone is 1. The van der Waals surface area contributed by atoms with Crippen LogP contribution in [0.4, 0.5) is 0 Å². The lowest BCUT2D eigenvalue weighted by molar-refractivity contribution is 0.332. The van der Waals surface area contributed by atoms with Crippen molar-refractivity contribution < 1.29 is 4.79 Å². The molecule has 0 atom stereocenters. The Labute approximate surface area is 110 Å². The lowest BCUT2D eigenvalue weighted by Gasteiger charge is -2.42. The number of hydrogen-bond acceptors (Lipinski definition) is 1. The highest BCUT2D eigenvalue weighted by Crippen LogP contribution is 2.45. The Morgan fingerprint density at radius 3 is 2.28 bits per heavy atom. The first kappa shape index (κ1) is 13.1. The summed E-state index contributed by atoms with van der Waals surface area (Å²) < 4.78 is 0. The molecular weight excluding hydrogens is 220 g/mol. The molecule has 0 fully saturated rings. The molecular formula is C17H21O. The molecule has 0 amide bonds. The summed E-state index contributed by atoms with van der Waals surface area (Å²) in [5.74, 6) is 0. The molecule has 1 aliphatic carbocycles. The van der Waals surface area contributed by atoms with Crippen LogP contribution in [-0.4, -0.2) is 6.29 Å². The van der Waals surface area contributed by atoms with Crippen molar-refractivity contribution in [3.05, 3.63) is 41.0 Å². The van der Waals surface area contributed by atoms with Crippen LogP contribution in [0.25, 0.3) is 6.08 Å². The van der Waals surface area contributed by atoms with Crippen molar-refractivity contribution in [3.8, 4) is 0 Å². The normalized spacial score (nSPS) is 20.7. The molecule has 1 nitrogen and oxygen atoms in total. The minimum atomic E-state index is 0.222. The van der Waals surface area contributed by atoms with E-state index in [9.17, 15) is 4.79 Å². The van der Waals surface area contributed by atoms with Gasteiger partial charge in [-0.1, -0.05) is 52.0 Å². The summed E-state index contributed by atoms with van der Waals surface area (Å²) in [5.41, 5.74) is 4.43. The van der Waals surface area contributed by atoms with E-state index < -0.39 is 0 Å². The zero-order valence-electron chi connectivity index (χ0n) is 11.7. The van der Waals surface area contributed by atoms with Crippen LogP contribution in [0.5, 0.6) is 0 Å². The average molecular weight is 241 g/mol. The van der Waals surface area contributed by atoms with Crippen molar-refractivity contribution in [1.29, 1.82) is 0 Å². The van der Waals surface area contributed by atoms with E-state index in [-0.39, 0.29) is 10.8 Å². The Bertz CT molecular complexity index is 492. The molecule has 0 spiro atoms. The molecule has 95 valence electrons. The second kappa shape index (κ2) is 4.38. The molecule has 0 saturated carbocycles. The van der Waals surface area contributed by atoms with Gasteiger partial charge in [-0.25, -0.2) is 0 Å². The molecule has 1 heteroatoms. The lowest BCUT2D eigenvalue weighted by Crippen LogP contribution is -2.33. The largest absolute Gasteiger partial charge is 0.286 e. The minimum absolute atomic E-state index is 0.222. The van der Waals surface area contributed by atoms with Crippen molar-refractivity contribution in [3.63, 3.8) is 0 Å². The number of hydrogen-bond donors (Lipinski definition) is 0. The van der Waals surface area contributed by atoms with Crippen LogP contribution in [0.2, 0.25) is 0 Å². The van der Waals surface area contributed by atoms with Crippen molar-refractivity contribution in [2.24, 2.45) is 0 Å². The summed E-state index contributed by atoms with van der Waals surface area (Å²) in [7, 11) is 0. The van der Waals surface area contributed by atoms with Crippen LogP contribution >= 0.6 is 0 Å². The molecule has 0 saturated heterocycles. The second-order valence-electron chi connectivity index (χ2n) is 6.52. The topological polar surface area (TPSA) is 17.1 Å². The van der Waals surface area contributed by atoms with E-state index in [1.807, 2.05) is 6.08 Å². The van der Waals surface area contributed by atoms with E-state index in [0.717, 1.165) is 5.56 Å². The SMILES string of the molecule is CC1(C)CCC(C)(C)c2cc(/C=C/[C]=O)ccc21. The fourth-order valence-corrected chi connectivity index (χ4v) is 2.84. The van der Waals surface area contributed by atoms with Crippen molar-refractivity contribution in [1.82, 2.24) is 0 Å². The van der Waals surface area contributed by atoms with Gasteiger partial charge in [-0.2, -0.15) is 0 Å². The standard InChI is InChI=1S/C17H21O/c1-16(2)9-10-17(3,4)15-12-13(6-5-11-18)7-8-14(15)16/h5-8,12H,9-10H2,1-4H3/b6-5+. The molecule has 1 aliphatic rings. The van der Waals surface area contributed by atoms with Gasteiger partial charge in [0.15, 0.2) is 0 Å². The fourth-order valence-electron chi connectivity index (χ4n) is 2.84. The summed E-state index contributed by atoms with van der Waals surface area (Å²) in [6.07, 6.45) is 7.50. The number of fused-ring (bicyclic) bond motifs is 1. The van der Waals surface area contributed by atoms with Gasteiger partial charge in [0.25, 0.3) is 0 Å². The van der Waals surface area contributed by atoms with Crippen molar-refractivity contribution in [2.75, 3.05) is 0 Å². The average Bonchev–Trinajstić information content (AvgIpc) is 2.32. The molecule has 0 aromatic heterocycles. The van der Waals surface area contributed by atoms with Crippen LogP contribution in [0, 0.1) is 0 Å². The number of rotatable bonds is 2. The third kappa shape index (κ3) is 2.27. The monoisotopic (exact) mass is 241 g/mol. The fraction of sp³-hybridized carbons (Fsp3) is 0.471. The van der Waals surface area contributed by atoms with Crippen molar-refractivity contribution >= 4 is 12.4 Å². The van der Waals surface area contributed by atoms with Crippen LogP contribution in [0.3, 0.4) is 0 Å². The molecule has 0 bridgehead atoms. The van der Waals surface area contributed by atoms with E-state index >= 15 is 0 Å². The highest BCUT2D eigenvalue weighted by molar-refractivity contribution is 5.74. The van der Waals surface area contributed by atoms with Gasteiger partial charge < -0.3 is 0 Å². The maximum Gasteiger partial charge on any atom is 0.225 e. The number of carbonyl (C=O) groups excluding carboxylic acids is 1. The zero-order chi connectivity index (χ0) is 13.4. The molecule has 1 aromatic rings. The lowest BCUT2D eigenvalue weighted by atomic mass is 9.63. The molecule has 0 unspecified atom stereocenters. The van der Waals surface area contributed by atoms with Gasteiger partial charge in [-0.3, -0.25) is 4.79 Å². The quantitative estimate of drug-likeness (QED) is 0.711. The van der Waals surface area contributed by atoms with Gasteiger partial charge in [0.2, 0.25) is 6.29 Å². The van der Waals surface area contributed by atoms with Gasteiger partial charge in [-0.15, -0.1) is 0 Å². The van der Waals surface area contributed by atoms with Crippen molar-refractivity contribution in [2.45, 2.75) is 51.4 Å². The van der Waals surface area contributed by atoms with Crippen LogP contribution in [0.1, 0.15) is 57.2 Å². The molecule has 1 aromatic carbocycles. The van der Waals surface area contributed by atoms with Crippen LogP contribution in [0.15, 0.2) is 24.3 Å². The summed E-state index contributed by atoms with van der Waals surface area (Å²) in [5, 5.41) is 0. The Kier molecular flexibility index (Phi) is 3.18. The van der Waals surface area contributed by atoms with Gasteiger partial charge in [0.1, 0.15) is 0 Å². The van der Waals surface area contributed by atoms with Crippen LogP contribution < -0.4 is 0 Å². The predicted octanol–water partition coefficient (Wildman–Crippen LogP) is 4.16. The number of benzene rings is 1. The van der Waals surface area contributed by atoms with E-state index in [1.54, 1.807) is 6.29 Å². The van der Waals surface area contributed by atoms with E-state index in [4.69, 9.17) is 0 Å². The molecule has 18 heavy (non-hydrogen) atoms. The minimum Gasteiger partial charge on any atom is -0.286 e. The summed E-state index contributed by atoms with van der Waals surface area (Å²) in [6, 6.07) is 6.54. The first-order valence-electron chi connectivity index (χ1n) is 6.56. The smallest absolute Gasteiger partial charge is 0.225 e. The highest BCUT2D eigenvalue weighted by Gasteiger charge is 2.36. The van der Waals surface area contributed by atoms with Gasteiger partial charge in [0.05, 0.1) is 0 Å². The zero-order valence-corrected chi connectivity index (χ0v) is 11.7. The summed E-state index contributed by atoms with van der Waals surface area (Å²) in [6.45, 7) is 9.24. The van der Waals surface area contributed by atoms with Gasteiger partial charge >= 0.3 is 0 Å². The molecule has 0 heterocycles. The molecule has 0 N–H and O–H groups in total. The predicted molar refractivity (Wildman–Crippen MR) is 76.5 cm³/mol. The van der Waals surface area contributed by atoms with Gasteiger partial charge in [0, 0.05) is 0 Å². The maximum atomic E-state index is 10.3. The Morgan fingerprint density at radius 2 is 1.67 bits per heavy atom. The first-order valence-corrected chi connectivity index (χ1v) is 6.56. The molecule has 0 aliphatic heterocycles. The van der Waals surface area contributed by atoms with E-state index in [1.165, 1.54) is 30.0 Å². The maximum absolute atomic E-state index is 10.3. The van der Waals surface area contributed by atoms with E-state index in [2.05, 4.69) is 45.9 Å². The first-order chi connectivity index (χ1) is 8.37. The Hall–Kier alpha value is -1.37. The molecule has 1 radical (unpaired) electrons. The molecule has 2 rings (SSSR count). The third-order valence-electron chi connectivity index (χ3n) is 4.22. The van der Waals surface area contributed by atoms with Crippen LogP contribution in [-0.2, 0) is 15.6 Å². The van der Waals surface area contributed by atoms with Gasteiger partial charge in [-0.05, 0) is 46.4 Å².